The van der Waals surface area contributed by atoms with E-state index in [2.05, 4.69) is 10.6 Å². The summed E-state index contributed by atoms with van der Waals surface area (Å²) in [5, 5.41) is 6.10. The van der Waals surface area contributed by atoms with E-state index in [0.717, 1.165) is 25.2 Å². The minimum absolute atomic E-state index is 0.00932. The first-order valence-electron chi connectivity index (χ1n) is 7.07. The van der Waals surface area contributed by atoms with Gasteiger partial charge in [0, 0.05) is 17.0 Å². The van der Waals surface area contributed by atoms with Crippen molar-refractivity contribution in [1.29, 1.82) is 0 Å². The van der Waals surface area contributed by atoms with E-state index in [9.17, 15) is 18.0 Å². The average Bonchev–Trinajstić information content (AvgIpc) is 2.45. The standard InChI is InChI=1S/C15H18ClF3N2O/c1-14(4-6-20-7-5-14)13(22)21-9-10-8-11(15(17,18)19)2-3-12(10)16/h2-3,8,20H,4-7,9H2,1H3,(H,21,22). The number of hydrogen-bond acceptors (Lipinski definition) is 2. The van der Waals surface area contributed by atoms with Gasteiger partial charge in [-0.05, 0) is 49.7 Å². The lowest BCUT2D eigenvalue weighted by atomic mass is 9.80. The summed E-state index contributed by atoms with van der Waals surface area (Å²) in [5.74, 6) is -0.150. The van der Waals surface area contributed by atoms with Crippen LogP contribution < -0.4 is 10.6 Å². The number of nitrogens with one attached hydrogen (secondary N) is 2. The fourth-order valence-electron chi connectivity index (χ4n) is 2.48. The van der Waals surface area contributed by atoms with Crippen LogP contribution in [-0.4, -0.2) is 19.0 Å². The molecule has 2 rings (SSSR count). The van der Waals surface area contributed by atoms with Crippen LogP contribution in [0, 0.1) is 5.41 Å². The molecular formula is C15H18ClF3N2O. The Balaban J connectivity index is 2.06. The number of benzene rings is 1. The highest BCUT2D eigenvalue weighted by atomic mass is 35.5. The molecule has 0 spiro atoms. The van der Waals surface area contributed by atoms with Gasteiger partial charge in [-0.25, -0.2) is 0 Å². The molecule has 1 heterocycles. The Labute approximate surface area is 132 Å². The minimum Gasteiger partial charge on any atom is -0.351 e. The van der Waals surface area contributed by atoms with E-state index in [4.69, 9.17) is 11.6 Å². The van der Waals surface area contributed by atoms with Crippen LogP contribution in [0.4, 0.5) is 13.2 Å². The molecule has 1 saturated heterocycles. The van der Waals surface area contributed by atoms with Crippen molar-refractivity contribution in [3.8, 4) is 0 Å². The van der Waals surface area contributed by atoms with Gasteiger partial charge in [0.1, 0.15) is 0 Å². The molecule has 1 aliphatic heterocycles. The normalized spacial score (nSPS) is 18.0. The molecule has 1 aliphatic rings. The van der Waals surface area contributed by atoms with Gasteiger partial charge in [-0.2, -0.15) is 13.2 Å². The first-order chi connectivity index (χ1) is 10.2. The maximum absolute atomic E-state index is 12.7. The second kappa shape index (κ2) is 6.46. The summed E-state index contributed by atoms with van der Waals surface area (Å²) in [5.41, 5.74) is -0.990. The number of alkyl halides is 3. The van der Waals surface area contributed by atoms with Gasteiger partial charge in [0.15, 0.2) is 0 Å². The highest BCUT2D eigenvalue weighted by Gasteiger charge is 2.34. The largest absolute Gasteiger partial charge is 0.416 e. The Morgan fingerprint density at radius 2 is 2.00 bits per heavy atom. The topological polar surface area (TPSA) is 41.1 Å². The molecule has 1 aromatic rings. The van der Waals surface area contributed by atoms with Crippen molar-refractivity contribution in [3.05, 3.63) is 34.3 Å². The number of rotatable bonds is 3. The second-order valence-corrected chi connectivity index (χ2v) is 6.20. The van der Waals surface area contributed by atoms with Crippen LogP contribution >= 0.6 is 11.6 Å². The monoisotopic (exact) mass is 334 g/mol. The first-order valence-corrected chi connectivity index (χ1v) is 7.45. The number of hydrogen-bond donors (Lipinski definition) is 2. The van der Waals surface area contributed by atoms with E-state index in [1.807, 2.05) is 6.92 Å². The van der Waals surface area contributed by atoms with E-state index in [1.165, 1.54) is 6.07 Å². The van der Waals surface area contributed by atoms with Crippen molar-refractivity contribution in [3.63, 3.8) is 0 Å². The SMILES string of the molecule is CC1(C(=O)NCc2cc(C(F)(F)F)ccc2Cl)CCNCC1. The molecule has 0 bridgehead atoms. The third kappa shape index (κ3) is 3.93. The van der Waals surface area contributed by atoms with Crippen LogP contribution in [0.25, 0.3) is 0 Å². The summed E-state index contributed by atoms with van der Waals surface area (Å²) in [7, 11) is 0. The molecule has 7 heteroatoms. The maximum atomic E-state index is 12.7. The number of halogens is 4. The molecule has 1 aromatic carbocycles. The number of piperidine rings is 1. The Morgan fingerprint density at radius 3 is 2.59 bits per heavy atom. The van der Waals surface area contributed by atoms with Gasteiger partial charge in [-0.1, -0.05) is 18.5 Å². The zero-order valence-electron chi connectivity index (χ0n) is 12.2. The molecule has 122 valence electrons. The highest BCUT2D eigenvalue weighted by Crippen LogP contribution is 2.32. The van der Waals surface area contributed by atoms with Gasteiger partial charge in [0.25, 0.3) is 0 Å². The van der Waals surface area contributed by atoms with Crippen LogP contribution in [0.5, 0.6) is 0 Å². The lowest BCUT2D eigenvalue weighted by molar-refractivity contribution is -0.137. The first kappa shape index (κ1) is 17.1. The summed E-state index contributed by atoms with van der Waals surface area (Å²) in [4.78, 5) is 12.3. The average molecular weight is 335 g/mol. The third-order valence-corrected chi connectivity index (χ3v) is 4.44. The van der Waals surface area contributed by atoms with Gasteiger partial charge in [0.05, 0.1) is 5.56 Å². The van der Waals surface area contributed by atoms with Crippen LogP contribution in [0.15, 0.2) is 18.2 Å². The predicted octanol–water partition coefficient (Wildman–Crippen LogP) is 3.36. The lowest BCUT2D eigenvalue weighted by Crippen LogP contribution is -2.45. The van der Waals surface area contributed by atoms with Gasteiger partial charge < -0.3 is 10.6 Å². The minimum atomic E-state index is -4.43. The molecular weight excluding hydrogens is 317 g/mol. The molecule has 0 atom stereocenters. The Kier molecular flexibility index (Phi) is 5.02. The molecule has 0 aromatic heterocycles. The van der Waals surface area contributed by atoms with Crippen molar-refractivity contribution in [2.75, 3.05) is 13.1 Å². The number of amides is 1. The van der Waals surface area contributed by atoms with E-state index in [1.54, 1.807) is 0 Å². The van der Waals surface area contributed by atoms with Gasteiger partial charge in [-0.15, -0.1) is 0 Å². The van der Waals surface area contributed by atoms with Crippen molar-refractivity contribution < 1.29 is 18.0 Å². The molecule has 0 radical (unpaired) electrons. The van der Waals surface area contributed by atoms with Crippen LogP contribution in [0.1, 0.15) is 30.9 Å². The second-order valence-electron chi connectivity index (χ2n) is 5.80. The summed E-state index contributed by atoms with van der Waals surface area (Å²) in [6.07, 6.45) is -3.02. The summed E-state index contributed by atoms with van der Waals surface area (Å²) >= 11 is 5.92. The lowest BCUT2D eigenvalue weighted by Gasteiger charge is -2.32. The smallest absolute Gasteiger partial charge is 0.351 e. The van der Waals surface area contributed by atoms with Crippen molar-refractivity contribution in [2.45, 2.75) is 32.5 Å². The van der Waals surface area contributed by atoms with E-state index >= 15 is 0 Å². The fraction of sp³-hybridized carbons (Fsp3) is 0.533. The number of carbonyl (C=O) groups excluding carboxylic acids is 1. The highest BCUT2D eigenvalue weighted by molar-refractivity contribution is 6.31. The summed E-state index contributed by atoms with van der Waals surface area (Å²) in [6.45, 7) is 3.38. The zero-order chi connectivity index (χ0) is 16.4. The van der Waals surface area contributed by atoms with Crippen molar-refractivity contribution in [2.24, 2.45) is 5.41 Å². The maximum Gasteiger partial charge on any atom is 0.416 e. The summed E-state index contributed by atoms with van der Waals surface area (Å²) in [6, 6.07) is 3.12. The Hall–Kier alpha value is -1.27. The molecule has 22 heavy (non-hydrogen) atoms. The van der Waals surface area contributed by atoms with Crippen molar-refractivity contribution >= 4 is 17.5 Å². The van der Waals surface area contributed by atoms with Crippen molar-refractivity contribution in [1.82, 2.24) is 10.6 Å². The molecule has 2 N–H and O–H groups in total. The third-order valence-electron chi connectivity index (χ3n) is 4.07. The zero-order valence-corrected chi connectivity index (χ0v) is 12.9. The van der Waals surface area contributed by atoms with Gasteiger partial charge >= 0.3 is 6.18 Å². The number of carbonyl (C=O) groups is 1. The van der Waals surface area contributed by atoms with Crippen LogP contribution in [-0.2, 0) is 17.5 Å². The molecule has 1 fully saturated rings. The van der Waals surface area contributed by atoms with E-state index in [0.29, 0.717) is 12.8 Å². The molecule has 0 saturated carbocycles. The summed E-state index contributed by atoms with van der Waals surface area (Å²) < 4.78 is 38.1. The van der Waals surface area contributed by atoms with Gasteiger partial charge in [-0.3, -0.25) is 4.79 Å². The molecule has 0 unspecified atom stereocenters. The van der Waals surface area contributed by atoms with Crippen LogP contribution in [0.2, 0.25) is 5.02 Å². The fourth-order valence-corrected chi connectivity index (χ4v) is 2.67. The molecule has 3 nitrogen and oxygen atoms in total. The van der Waals surface area contributed by atoms with E-state index < -0.39 is 17.2 Å². The Morgan fingerprint density at radius 1 is 1.36 bits per heavy atom. The molecule has 1 amide bonds. The molecule has 0 aliphatic carbocycles. The van der Waals surface area contributed by atoms with E-state index in [-0.39, 0.29) is 23.0 Å². The Bertz CT molecular complexity index is 554. The van der Waals surface area contributed by atoms with Gasteiger partial charge in [0.2, 0.25) is 5.91 Å². The van der Waals surface area contributed by atoms with Crippen LogP contribution in [0.3, 0.4) is 0 Å². The quantitative estimate of drug-likeness (QED) is 0.890. The predicted molar refractivity (Wildman–Crippen MR) is 78.5 cm³/mol.